The molecule has 1 aliphatic carbocycles. The number of benzene rings is 3. The van der Waals surface area contributed by atoms with E-state index in [0.29, 0.717) is 39.9 Å². The number of ether oxygens (including phenoxy) is 1. The molecule has 0 radical (unpaired) electrons. The second-order valence-corrected chi connectivity index (χ2v) is 12.6. The van der Waals surface area contributed by atoms with Crippen LogP contribution in [-0.4, -0.2) is 52.2 Å². The molecular formula is C34H38NO10P. The number of carbonyl (C=O) groups is 5. The molecule has 1 unspecified atom stereocenters. The van der Waals surface area contributed by atoms with E-state index >= 15 is 0 Å². The molecule has 244 valence electrons. The third kappa shape index (κ3) is 9.14. The summed E-state index contributed by atoms with van der Waals surface area (Å²) in [5.74, 6) is -1.23. The zero-order valence-electron chi connectivity index (χ0n) is 26.4. The third-order valence-electron chi connectivity index (χ3n) is 7.69. The first kappa shape index (κ1) is 36.2. The van der Waals surface area contributed by atoms with Gasteiger partial charge in [-0.2, -0.15) is 0 Å². The fourth-order valence-corrected chi connectivity index (χ4v) is 4.58. The molecule has 46 heavy (non-hydrogen) atoms. The van der Waals surface area contributed by atoms with Gasteiger partial charge in [-0.3, -0.25) is 28.5 Å². The summed E-state index contributed by atoms with van der Waals surface area (Å²) < 4.78 is 19.2. The van der Waals surface area contributed by atoms with E-state index in [1.807, 2.05) is 20.8 Å². The highest BCUT2D eigenvalue weighted by molar-refractivity contribution is 7.46. The number of carbonyl (C=O) groups excluding carboxylic acids is 5. The van der Waals surface area contributed by atoms with Crippen LogP contribution in [0.2, 0.25) is 0 Å². The summed E-state index contributed by atoms with van der Waals surface area (Å²) in [7, 11) is -4.46. The van der Waals surface area contributed by atoms with Crippen molar-refractivity contribution in [2.45, 2.75) is 47.5 Å². The molecule has 0 bridgehead atoms. The van der Waals surface area contributed by atoms with Crippen LogP contribution in [0, 0.1) is 11.3 Å². The first-order valence-corrected chi connectivity index (χ1v) is 16.3. The molecule has 1 aliphatic rings. The van der Waals surface area contributed by atoms with Gasteiger partial charge in [0.2, 0.25) is 0 Å². The number of amides is 1. The molecule has 3 aromatic carbocycles. The van der Waals surface area contributed by atoms with Crippen LogP contribution in [0.4, 0.5) is 5.69 Å². The second kappa shape index (κ2) is 15.3. The van der Waals surface area contributed by atoms with Crippen LogP contribution in [0.1, 0.15) is 100 Å². The van der Waals surface area contributed by atoms with Crippen molar-refractivity contribution < 1.29 is 47.6 Å². The Morgan fingerprint density at radius 3 is 1.91 bits per heavy atom. The Bertz CT molecular complexity index is 1670. The predicted molar refractivity (Wildman–Crippen MR) is 171 cm³/mol. The number of hydrogen-bond acceptors (Lipinski definition) is 8. The number of anilines is 1. The maximum absolute atomic E-state index is 12.8. The molecule has 12 heteroatoms. The summed E-state index contributed by atoms with van der Waals surface area (Å²) in [6, 6.07) is 17.9. The molecule has 4 rings (SSSR count). The predicted octanol–water partition coefficient (Wildman–Crippen LogP) is 6.02. The van der Waals surface area contributed by atoms with Gasteiger partial charge in [-0.05, 0) is 57.0 Å². The zero-order valence-corrected chi connectivity index (χ0v) is 27.3. The summed E-state index contributed by atoms with van der Waals surface area (Å²) in [5, 5.41) is 2.76. The summed E-state index contributed by atoms with van der Waals surface area (Å²) in [6.45, 7) is 8.69. The molecule has 0 aromatic heterocycles. The first-order valence-electron chi connectivity index (χ1n) is 14.7. The molecule has 3 N–H and O–H groups in total. The Morgan fingerprint density at radius 2 is 1.37 bits per heavy atom. The lowest BCUT2D eigenvalue weighted by molar-refractivity contribution is -0.155. The lowest BCUT2D eigenvalue weighted by atomic mass is 9.84. The minimum Gasteiger partial charge on any atom is -0.463 e. The number of hydrogen-bond donors (Lipinski definition) is 3. The van der Waals surface area contributed by atoms with Crippen LogP contribution in [-0.2, 0) is 18.6 Å². The molecule has 11 nitrogen and oxygen atoms in total. The SMILES string of the molecule is CCC(C)(C)C(=O)OCCOP(=O)(O)O.CCC(C)C(=O)c1ccc(C(=O)Nc2ccc3c(c2)C(=O)c2ccccc2C3=O)cc1. The first-order chi connectivity index (χ1) is 21.6. The molecule has 0 fully saturated rings. The molecule has 0 saturated carbocycles. The smallest absolute Gasteiger partial charge is 0.463 e. The third-order valence-corrected chi connectivity index (χ3v) is 8.21. The number of nitrogens with one attached hydrogen (secondary N) is 1. The van der Waals surface area contributed by atoms with Gasteiger partial charge in [0, 0.05) is 45.0 Å². The number of rotatable bonds is 11. The Labute approximate surface area is 267 Å². The standard InChI is InChI=1S/C26H21NO4.C8H17O6P/c1-3-15(2)23(28)16-8-10-17(11-9-16)26(31)27-18-12-13-21-22(14-18)25(30)20-7-5-4-6-19(20)24(21)29;1-4-8(2,3)7(9)13-5-6-14-15(10,11)12/h4-15H,3H2,1-2H3,(H,27,31);4-6H2,1-3H3,(H2,10,11,12). The van der Waals surface area contributed by atoms with E-state index < -0.39 is 19.2 Å². The lowest BCUT2D eigenvalue weighted by Crippen LogP contribution is -2.26. The van der Waals surface area contributed by atoms with Gasteiger partial charge >= 0.3 is 13.8 Å². The van der Waals surface area contributed by atoms with Crippen molar-refractivity contribution >= 4 is 42.7 Å². The minimum atomic E-state index is -4.46. The average Bonchev–Trinajstić information content (AvgIpc) is 3.04. The number of Topliss-reactive ketones (excluding diaryl/α,β-unsaturated/α-hetero) is 1. The largest absolute Gasteiger partial charge is 0.469 e. The van der Waals surface area contributed by atoms with Crippen molar-refractivity contribution in [2.75, 3.05) is 18.5 Å². The van der Waals surface area contributed by atoms with Crippen molar-refractivity contribution in [3.8, 4) is 0 Å². The highest BCUT2D eigenvalue weighted by atomic mass is 31.2. The van der Waals surface area contributed by atoms with Gasteiger partial charge in [0.15, 0.2) is 17.3 Å². The Kier molecular flexibility index (Phi) is 12.1. The number of esters is 1. The summed E-state index contributed by atoms with van der Waals surface area (Å²) in [6.07, 6.45) is 1.39. The topological polar surface area (TPSA) is 173 Å². The van der Waals surface area contributed by atoms with E-state index in [1.54, 1.807) is 74.5 Å². The van der Waals surface area contributed by atoms with E-state index in [9.17, 15) is 28.5 Å². The monoisotopic (exact) mass is 651 g/mol. The van der Waals surface area contributed by atoms with Crippen LogP contribution in [0.5, 0.6) is 0 Å². The lowest BCUT2D eigenvalue weighted by Gasteiger charge is -2.20. The van der Waals surface area contributed by atoms with E-state index in [4.69, 9.17) is 14.5 Å². The summed E-state index contributed by atoms with van der Waals surface area (Å²) in [5.41, 5.74) is 2.17. The van der Waals surface area contributed by atoms with E-state index in [-0.39, 0.29) is 48.0 Å². The molecule has 0 heterocycles. The van der Waals surface area contributed by atoms with Crippen LogP contribution in [0.25, 0.3) is 0 Å². The van der Waals surface area contributed by atoms with E-state index in [0.717, 1.165) is 6.42 Å². The molecular weight excluding hydrogens is 613 g/mol. The Morgan fingerprint density at radius 1 is 0.826 bits per heavy atom. The van der Waals surface area contributed by atoms with E-state index in [2.05, 4.69) is 9.84 Å². The molecule has 3 aromatic rings. The van der Waals surface area contributed by atoms with Crippen LogP contribution < -0.4 is 5.32 Å². The van der Waals surface area contributed by atoms with Gasteiger partial charge in [0.1, 0.15) is 6.61 Å². The number of phosphoric ester groups is 1. The van der Waals surface area contributed by atoms with Gasteiger partial charge in [0.25, 0.3) is 5.91 Å². The highest BCUT2D eigenvalue weighted by Crippen LogP contribution is 2.35. The molecule has 1 atom stereocenters. The number of ketones is 3. The molecule has 0 saturated heterocycles. The number of phosphoric acid groups is 1. The highest BCUT2D eigenvalue weighted by Gasteiger charge is 2.30. The van der Waals surface area contributed by atoms with Gasteiger partial charge in [0.05, 0.1) is 12.0 Å². The van der Waals surface area contributed by atoms with Crippen molar-refractivity contribution in [2.24, 2.45) is 11.3 Å². The van der Waals surface area contributed by atoms with Crippen molar-refractivity contribution in [1.82, 2.24) is 0 Å². The second-order valence-electron chi connectivity index (χ2n) is 11.4. The van der Waals surface area contributed by atoms with E-state index in [1.165, 1.54) is 6.07 Å². The maximum atomic E-state index is 12.8. The fraction of sp³-hybridized carbons (Fsp3) is 0.324. The maximum Gasteiger partial charge on any atom is 0.469 e. The van der Waals surface area contributed by atoms with Crippen LogP contribution in [0.15, 0.2) is 66.7 Å². The van der Waals surface area contributed by atoms with Crippen molar-refractivity contribution in [3.63, 3.8) is 0 Å². The molecule has 0 aliphatic heterocycles. The Hall–Kier alpha value is -4.28. The fourth-order valence-electron chi connectivity index (χ4n) is 4.27. The average molecular weight is 652 g/mol. The van der Waals surface area contributed by atoms with Crippen molar-refractivity contribution in [3.05, 3.63) is 100 Å². The van der Waals surface area contributed by atoms with Crippen LogP contribution >= 0.6 is 7.82 Å². The normalized spacial score (nSPS) is 13.0. The van der Waals surface area contributed by atoms with Gasteiger partial charge in [-0.1, -0.05) is 57.2 Å². The Balaban J connectivity index is 0.000000326. The number of fused-ring (bicyclic) bond motifs is 2. The zero-order chi connectivity index (χ0) is 34.2. The summed E-state index contributed by atoms with van der Waals surface area (Å²) in [4.78, 5) is 78.5. The van der Waals surface area contributed by atoms with Gasteiger partial charge in [-0.25, -0.2) is 4.57 Å². The molecule has 0 spiro atoms. The summed E-state index contributed by atoms with van der Waals surface area (Å²) >= 11 is 0. The van der Waals surface area contributed by atoms with Crippen molar-refractivity contribution in [1.29, 1.82) is 0 Å². The molecule has 1 amide bonds. The van der Waals surface area contributed by atoms with Gasteiger partial charge in [-0.15, -0.1) is 0 Å². The minimum absolute atomic E-state index is 0.0487. The quantitative estimate of drug-likeness (QED) is 0.0753. The van der Waals surface area contributed by atoms with Crippen LogP contribution in [0.3, 0.4) is 0 Å². The van der Waals surface area contributed by atoms with Gasteiger partial charge < -0.3 is 19.8 Å².